The molecule has 7 nitrogen and oxygen atoms in total. The molecule has 2 fully saturated rings. The van der Waals surface area contributed by atoms with Crippen molar-refractivity contribution in [3.05, 3.63) is 24.0 Å². The van der Waals surface area contributed by atoms with Gasteiger partial charge in [0, 0.05) is 25.6 Å². The van der Waals surface area contributed by atoms with E-state index in [4.69, 9.17) is 9.47 Å². The van der Waals surface area contributed by atoms with E-state index in [1.54, 1.807) is 6.08 Å². The van der Waals surface area contributed by atoms with Crippen LogP contribution in [0.15, 0.2) is 12.7 Å². The fourth-order valence-corrected chi connectivity index (χ4v) is 3.76. The van der Waals surface area contributed by atoms with Gasteiger partial charge in [0.2, 0.25) is 0 Å². The second-order valence-corrected chi connectivity index (χ2v) is 7.29. The molecular formula is C18H26N4O3. The molecule has 1 aromatic rings. The third kappa shape index (κ3) is 3.62. The summed E-state index contributed by atoms with van der Waals surface area (Å²) in [5, 5.41) is 8.75. The average Bonchev–Trinajstić information content (AvgIpc) is 3.10. The highest BCUT2D eigenvalue weighted by molar-refractivity contribution is 5.81. The maximum absolute atomic E-state index is 12.8. The van der Waals surface area contributed by atoms with Crippen molar-refractivity contribution in [3.63, 3.8) is 0 Å². The van der Waals surface area contributed by atoms with E-state index in [0.717, 1.165) is 36.7 Å². The van der Waals surface area contributed by atoms with Gasteiger partial charge in [-0.15, -0.1) is 11.7 Å². The van der Waals surface area contributed by atoms with E-state index < -0.39 is 0 Å². The molecule has 7 heteroatoms. The molecule has 0 N–H and O–H groups in total. The predicted octanol–water partition coefficient (Wildman–Crippen LogP) is 1.50. The molecule has 3 aliphatic rings. The number of carbonyl (C=O) groups excluding carboxylic acids is 1. The molecule has 1 amide bonds. The highest BCUT2D eigenvalue weighted by Gasteiger charge is 2.37. The number of rotatable bonds is 7. The first-order valence-electron chi connectivity index (χ1n) is 9.27. The first kappa shape index (κ1) is 16.7. The van der Waals surface area contributed by atoms with Gasteiger partial charge in [0.05, 0.1) is 25.5 Å². The van der Waals surface area contributed by atoms with Gasteiger partial charge >= 0.3 is 0 Å². The van der Waals surface area contributed by atoms with Crippen LogP contribution < -0.4 is 0 Å². The molecule has 4 rings (SSSR count). The Morgan fingerprint density at radius 2 is 2.28 bits per heavy atom. The highest BCUT2D eigenvalue weighted by atomic mass is 16.5. The van der Waals surface area contributed by atoms with E-state index in [-0.39, 0.29) is 17.9 Å². The van der Waals surface area contributed by atoms with Crippen molar-refractivity contribution in [2.45, 2.75) is 50.8 Å². The van der Waals surface area contributed by atoms with Crippen LogP contribution in [-0.2, 0) is 27.4 Å². The number of aromatic nitrogens is 3. The van der Waals surface area contributed by atoms with E-state index in [9.17, 15) is 4.79 Å². The lowest BCUT2D eigenvalue weighted by Gasteiger charge is -2.33. The second kappa shape index (κ2) is 7.25. The molecular weight excluding hydrogens is 320 g/mol. The maximum atomic E-state index is 12.8. The van der Waals surface area contributed by atoms with Gasteiger partial charge in [-0.05, 0) is 31.6 Å². The Morgan fingerprint density at radius 1 is 1.40 bits per heavy atom. The van der Waals surface area contributed by atoms with Crippen molar-refractivity contribution >= 4 is 5.91 Å². The monoisotopic (exact) mass is 346 g/mol. The van der Waals surface area contributed by atoms with Gasteiger partial charge < -0.3 is 14.4 Å². The number of amides is 1. The van der Waals surface area contributed by atoms with Crippen molar-refractivity contribution < 1.29 is 14.3 Å². The van der Waals surface area contributed by atoms with Gasteiger partial charge in [-0.1, -0.05) is 11.3 Å². The normalized spacial score (nSPS) is 25.8. The van der Waals surface area contributed by atoms with E-state index in [1.807, 2.05) is 9.58 Å². The smallest absolute Gasteiger partial charge is 0.252 e. The zero-order valence-corrected chi connectivity index (χ0v) is 14.6. The minimum atomic E-state index is -0.294. The Labute approximate surface area is 148 Å². The summed E-state index contributed by atoms with van der Waals surface area (Å²) in [5.41, 5.74) is 2.05. The molecule has 1 saturated carbocycles. The minimum absolute atomic E-state index is 0.0774. The highest BCUT2D eigenvalue weighted by Crippen LogP contribution is 2.34. The van der Waals surface area contributed by atoms with Crippen LogP contribution in [0.4, 0.5) is 0 Å². The zero-order valence-electron chi connectivity index (χ0n) is 14.6. The lowest BCUT2D eigenvalue weighted by molar-refractivity contribution is -0.142. The molecule has 0 bridgehead atoms. The molecule has 0 radical (unpaired) electrons. The largest absolute Gasteiger partial charge is 0.377 e. The molecule has 2 aliphatic heterocycles. The number of fused-ring (bicyclic) bond motifs is 1. The average molecular weight is 346 g/mol. The number of hydrogen-bond acceptors (Lipinski definition) is 5. The zero-order chi connectivity index (χ0) is 17.2. The maximum Gasteiger partial charge on any atom is 0.252 e. The fraction of sp³-hybridized carbons (Fsp3) is 0.722. The van der Waals surface area contributed by atoms with E-state index in [2.05, 4.69) is 16.9 Å². The molecule has 3 heterocycles. The fourth-order valence-electron chi connectivity index (χ4n) is 3.76. The van der Waals surface area contributed by atoms with Crippen molar-refractivity contribution in [1.29, 1.82) is 0 Å². The van der Waals surface area contributed by atoms with Gasteiger partial charge in [0.1, 0.15) is 11.8 Å². The SMILES string of the molecule is C=CCOC[C@H]1CN(C(=O)[C@H]2CCCO2)Cc2nnn(CC3CC3)c21. The third-order valence-electron chi connectivity index (χ3n) is 5.21. The summed E-state index contributed by atoms with van der Waals surface area (Å²) >= 11 is 0. The topological polar surface area (TPSA) is 69.5 Å². The first-order valence-corrected chi connectivity index (χ1v) is 9.27. The Balaban J connectivity index is 1.53. The van der Waals surface area contributed by atoms with Crippen molar-refractivity contribution in [1.82, 2.24) is 19.9 Å². The van der Waals surface area contributed by atoms with Crippen LogP contribution in [0.3, 0.4) is 0 Å². The van der Waals surface area contributed by atoms with Crippen molar-refractivity contribution in [3.8, 4) is 0 Å². The van der Waals surface area contributed by atoms with Crippen LogP contribution in [-0.4, -0.2) is 58.3 Å². The molecule has 1 saturated heterocycles. The summed E-state index contributed by atoms with van der Waals surface area (Å²) in [5.74, 6) is 0.906. The minimum Gasteiger partial charge on any atom is -0.377 e. The van der Waals surface area contributed by atoms with Crippen LogP contribution in [0.2, 0.25) is 0 Å². The Bertz CT molecular complexity index is 634. The molecule has 2 atom stereocenters. The molecule has 0 aromatic carbocycles. The lowest BCUT2D eigenvalue weighted by atomic mass is 9.98. The molecule has 136 valence electrons. The lowest BCUT2D eigenvalue weighted by Crippen LogP contribution is -2.44. The predicted molar refractivity (Wildman–Crippen MR) is 90.9 cm³/mol. The van der Waals surface area contributed by atoms with Crippen LogP contribution in [0.25, 0.3) is 0 Å². The Kier molecular flexibility index (Phi) is 4.85. The van der Waals surface area contributed by atoms with Crippen LogP contribution >= 0.6 is 0 Å². The van der Waals surface area contributed by atoms with Gasteiger partial charge in [-0.2, -0.15) is 0 Å². The van der Waals surface area contributed by atoms with Crippen LogP contribution in [0.1, 0.15) is 43.0 Å². The Hall–Kier alpha value is -1.73. The van der Waals surface area contributed by atoms with E-state index >= 15 is 0 Å². The molecule has 1 aliphatic carbocycles. The van der Waals surface area contributed by atoms with E-state index in [1.165, 1.54) is 12.8 Å². The summed E-state index contributed by atoms with van der Waals surface area (Å²) in [7, 11) is 0. The Morgan fingerprint density at radius 3 is 3.00 bits per heavy atom. The summed E-state index contributed by atoms with van der Waals surface area (Å²) in [6, 6.07) is 0. The summed E-state index contributed by atoms with van der Waals surface area (Å²) < 4.78 is 13.3. The van der Waals surface area contributed by atoms with Crippen LogP contribution in [0.5, 0.6) is 0 Å². The van der Waals surface area contributed by atoms with Crippen molar-refractivity contribution in [2.75, 3.05) is 26.4 Å². The summed E-state index contributed by atoms with van der Waals surface area (Å²) in [6.45, 7) is 7.53. The number of ether oxygens (including phenoxy) is 2. The number of carbonyl (C=O) groups is 1. The molecule has 1 aromatic heterocycles. The van der Waals surface area contributed by atoms with Crippen molar-refractivity contribution in [2.24, 2.45) is 5.92 Å². The molecule has 0 unspecified atom stereocenters. The van der Waals surface area contributed by atoms with Gasteiger partial charge in [-0.25, -0.2) is 4.68 Å². The first-order chi connectivity index (χ1) is 12.3. The summed E-state index contributed by atoms with van der Waals surface area (Å²) in [6.07, 6.45) is 5.77. The van der Waals surface area contributed by atoms with Gasteiger partial charge in [0.15, 0.2) is 0 Å². The quantitative estimate of drug-likeness (QED) is 0.553. The number of nitrogens with zero attached hydrogens (tertiary/aromatic N) is 4. The third-order valence-corrected chi connectivity index (χ3v) is 5.21. The van der Waals surface area contributed by atoms with Gasteiger partial charge in [0.25, 0.3) is 5.91 Å². The van der Waals surface area contributed by atoms with E-state index in [0.29, 0.717) is 32.9 Å². The number of hydrogen-bond donors (Lipinski definition) is 0. The van der Waals surface area contributed by atoms with Gasteiger partial charge in [-0.3, -0.25) is 4.79 Å². The molecule has 25 heavy (non-hydrogen) atoms. The van der Waals surface area contributed by atoms with Crippen LogP contribution in [0, 0.1) is 5.92 Å². The molecule has 0 spiro atoms. The second-order valence-electron chi connectivity index (χ2n) is 7.29. The standard InChI is InChI=1S/C18H26N4O3/c1-2-7-24-12-14-10-21(18(23)16-4-3-8-25-16)11-15-17(14)22(20-19-15)9-13-5-6-13/h2,13-14,16H,1,3-12H2/t14-,16-/m1/s1. The summed E-state index contributed by atoms with van der Waals surface area (Å²) in [4.78, 5) is 14.6.